The lowest BCUT2D eigenvalue weighted by Crippen LogP contribution is -2.39. The first-order valence-electron chi connectivity index (χ1n) is 4.23. The van der Waals surface area contributed by atoms with Gasteiger partial charge in [-0.3, -0.25) is 4.79 Å². The van der Waals surface area contributed by atoms with E-state index in [1.807, 2.05) is 0 Å². The van der Waals surface area contributed by atoms with Crippen LogP contribution in [0.3, 0.4) is 0 Å². The van der Waals surface area contributed by atoms with E-state index in [1.54, 1.807) is 20.0 Å². The first kappa shape index (κ1) is 9.10. The van der Waals surface area contributed by atoms with Crippen molar-refractivity contribution >= 4 is 5.91 Å². The third-order valence-corrected chi connectivity index (χ3v) is 2.51. The van der Waals surface area contributed by atoms with Crippen LogP contribution in [-0.4, -0.2) is 18.1 Å². The SMILES string of the molecule is CNC(=O)C1(C)CCCC=C1O. The molecule has 0 aromatic heterocycles. The average molecular weight is 169 g/mol. The fourth-order valence-electron chi connectivity index (χ4n) is 1.55. The van der Waals surface area contributed by atoms with Crippen LogP contribution >= 0.6 is 0 Å². The van der Waals surface area contributed by atoms with Gasteiger partial charge >= 0.3 is 0 Å². The number of rotatable bonds is 1. The van der Waals surface area contributed by atoms with E-state index in [0.717, 1.165) is 19.3 Å². The Bertz CT molecular complexity index is 223. The first-order chi connectivity index (χ1) is 5.61. The molecule has 0 bridgehead atoms. The summed E-state index contributed by atoms with van der Waals surface area (Å²) < 4.78 is 0. The number of hydrogen-bond acceptors (Lipinski definition) is 2. The van der Waals surface area contributed by atoms with Crippen molar-refractivity contribution in [2.24, 2.45) is 5.41 Å². The van der Waals surface area contributed by atoms with E-state index in [9.17, 15) is 9.90 Å². The van der Waals surface area contributed by atoms with Gasteiger partial charge in [0.05, 0.1) is 0 Å². The Kier molecular flexibility index (Phi) is 2.40. The van der Waals surface area contributed by atoms with E-state index < -0.39 is 5.41 Å². The van der Waals surface area contributed by atoms with Crippen LogP contribution in [0.5, 0.6) is 0 Å². The summed E-state index contributed by atoms with van der Waals surface area (Å²) in [4.78, 5) is 11.4. The Hall–Kier alpha value is -0.990. The van der Waals surface area contributed by atoms with Gasteiger partial charge in [0.1, 0.15) is 11.2 Å². The van der Waals surface area contributed by atoms with Gasteiger partial charge in [-0.1, -0.05) is 0 Å². The van der Waals surface area contributed by atoms with Gasteiger partial charge in [0, 0.05) is 7.05 Å². The molecule has 3 heteroatoms. The van der Waals surface area contributed by atoms with E-state index >= 15 is 0 Å². The number of amides is 1. The van der Waals surface area contributed by atoms with Gasteiger partial charge in [-0.2, -0.15) is 0 Å². The highest BCUT2D eigenvalue weighted by molar-refractivity contribution is 5.84. The molecule has 12 heavy (non-hydrogen) atoms. The zero-order valence-corrected chi connectivity index (χ0v) is 7.55. The van der Waals surface area contributed by atoms with Crippen molar-refractivity contribution in [2.45, 2.75) is 26.2 Å². The number of carbonyl (C=O) groups excluding carboxylic acids is 1. The van der Waals surface area contributed by atoms with Gasteiger partial charge in [0.25, 0.3) is 0 Å². The average Bonchev–Trinajstić information content (AvgIpc) is 2.09. The standard InChI is InChI=1S/C9H15NO2/c1-9(8(12)10-2)6-4-3-5-7(9)11/h5,11H,3-4,6H2,1-2H3,(H,10,12). The highest BCUT2D eigenvalue weighted by Crippen LogP contribution is 2.35. The molecular formula is C9H15NO2. The van der Waals surface area contributed by atoms with E-state index in [-0.39, 0.29) is 11.7 Å². The molecule has 0 saturated carbocycles. The van der Waals surface area contributed by atoms with Crippen molar-refractivity contribution in [3.8, 4) is 0 Å². The number of hydrogen-bond donors (Lipinski definition) is 2. The van der Waals surface area contributed by atoms with E-state index in [0.29, 0.717) is 0 Å². The summed E-state index contributed by atoms with van der Waals surface area (Å²) in [5, 5.41) is 12.1. The van der Waals surface area contributed by atoms with Gasteiger partial charge in [-0.05, 0) is 32.3 Å². The second-order valence-electron chi connectivity index (χ2n) is 3.39. The molecular weight excluding hydrogens is 154 g/mol. The number of allylic oxidation sites excluding steroid dienone is 1. The first-order valence-corrected chi connectivity index (χ1v) is 4.23. The molecule has 0 heterocycles. The fraction of sp³-hybridized carbons (Fsp3) is 0.667. The van der Waals surface area contributed by atoms with E-state index in [1.165, 1.54) is 0 Å². The zero-order chi connectivity index (χ0) is 9.19. The number of carbonyl (C=O) groups is 1. The van der Waals surface area contributed by atoms with Crippen molar-refractivity contribution in [3.05, 3.63) is 11.8 Å². The van der Waals surface area contributed by atoms with Crippen LogP contribution in [0.2, 0.25) is 0 Å². The molecule has 0 fully saturated rings. The van der Waals surface area contributed by atoms with Crippen LogP contribution in [0.25, 0.3) is 0 Å². The Balaban J connectivity index is 2.88. The van der Waals surface area contributed by atoms with Gasteiger partial charge < -0.3 is 10.4 Å². The molecule has 0 radical (unpaired) electrons. The van der Waals surface area contributed by atoms with E-state index in [2.05, 4.69) is 5.32 Å². The minimum Gasteiger partial charge on any atom is -0.512 e. The molecule has 2 N–H and O–H groups in total. The second-order valence-corrected chi connectivity index (χ2v) is 3.39. The van der Waals surface area contributed by atoms with Gasteiger partial charge in [0.2, 0.25) is 5.91 Å². The van der Waals surface area contributed by atoms with Crippen LogP contribution in [-0.2, 0) is 4.79 Å². The normalized spacial score (nSPS) is 29.3. The smallest absolute Gasteiger partial charge is 0.233 e. The molecule has 3 nitrogen and oxygen atoms in total. The lowest BCUT2D eigenvalue weighted by atomic mass is 9.78. The van der Waals surface area contributed by atoms with Crippen molar-refractivity contribution in [2.75, 3.05) is 7.05 Å². The molecule has 1 atom stereocenters. The summed E-state index contributed by atoms with van der Waals surface area (Å²) in [6, 6.07) is 0. The van der Waals surface area contributed by atoms with Crippen molar-refractivity contribution in [3.63, 3.8) is 0 Å². The minimum atomic E-state index is -0.688. The lowest BCUT2D eigenvalue weighted by Gasteiger charge is -2.29. The van der Waals surface area contributed by atoms with Crippen molar-refractivity contribution in [1.82, 2.24) is 5.32 Å². The highest BCUT2D eigenvalue weighted by atomic mass is 16.3. The van der Waals surface area contributed by atoms with Crippen LogP contribution in [0.15, 0.2) is 11.8 Å². The third-order valence-electron chi connectivity index (χ3n) is 2.51. The Labute approximate surface area is 72.5 Å². The summed E-state index contributed by atoms with van der Waals surface area (Å²) >= 11 is 0. The van der Waals surface area contributed by atoms with Gasteiger partial charge in [0.15, 0.2) is 0 Å². The van der Waals surface area contributed by atoms with Gasteiger partial charge in [-0.25, -0.2) is 0 Å². The molecule has 0 aliphatic heterocycles. The maximum absolute atomic E-state index is 11.4. The second kappa shape index (κ2) is 3.17. The quantitative estimate of drug-likeness (QED) is 0.622. The third kappa shape index (κ3) is 1.31. The summed E-state index contributed by atoms with van der Waals surface area (Å²) in [5.74, 6) is 0.115. The molecule has 0 aromatic rings. The molecule has 0 saturated heterocycles. The molecule has 0 spiro atoms. The number of aliphatic hydroxyl groups excluding tert-OH is 1. The summed E-state index contributed by atoms with van der Waals surface area (Å²) in [6.45, 7) is 1.77. The summed E-state index contributed by atoms with van der Waals surface area (Å²) in [7, 11) is 1.59. The molecule has 1 aliphatic carbocycles. The monoisotopic (exact) mass is 169 g/mol. The predicted molar refractivity (Wildman–Crippen MR) is 46.7 cm³/mol. The van der Waals surface area contributed by atoms with Crippen molar-refractivity contribution in [1.29, 1.82) is 0 Å². The number of nitrogens with one attached hydrogen (secondary N) is 1. The van der Waals surface area contributed by atoms with Crippen LogP contribution in [0, 0.1) is 5.41 Å². The summed E-state index contributed by atoms with van der Waals surface area (Å²) in [5.41, 5.74) is -0.688. The molecule has 1 rings (SSSR count). The fourth-order valence-corrected chi connectivity index (χ4v) is 1.55. The van der Waals surface area contributed by atoms with Crippen molar-refractivity contribution < 1.29 is 9.90 Å². The molecule has 68 valence electrons. The Morgan fingerprint density at radius 2 is 2.42 bits per heavy atom. The minimum absolute atomic E-state index is 0.101. The van der Waals surface area contributed by atoms with Crippen LogP contribution in [0.1, 0.15) is 26.2 Å². The Morgan fingerprint density at radius 3 is 2.92 bits per heavy atom. The largest absolute Gasteiger partial charge is 0.512 e. The topological polar surface area (TPSA) is 49.3 Å². The molecule has 1 amide bonds. The van der Waals surface area contributed by atoms with Crippen LogP contribution < -0.4 is 5.32 Å². The summed E-state index contributed by atoms with van der Waals surface area (Å²) in [6.07, 6.45) is 4.31. The number of aliphatic hydroxyl groups is 1. The molecule has 1 aliphatic rings. The van der Waals surface area contributed by atoms with Gasteiger partial charge in [-0.15, -0.1) is 0 Å². The molecule has 0 aromatic carbocycles. The molecule has 1 unspecified atom stereocenters. The zero-order valence-electron chi connectivity index (χ0n) is 7.55. The van der Waals surface area contributed by atoms with Crippen LogP contribution in [0.4, 0.5) is 0 Å². The van der Waals surface area contributed by atoms with E-state index in [4.69, 9.17) is 0 Å². The lowest BCUT2D eigenvalue weighted by molar-refractivity contribution is -0.129. The maximum atomic E-state index is 11.4. The maximum Gasteiger partial charge on any atom is 0.233 e. The Morgan fingerprint density at radius 1 is 1.75 bits per heavy atom. The predicted octanol–water partition coefficient (Wildman–Crippen LogP) is 1.36. The highest BCUT2D eigenvalue weighted by Gasteiger charge is 2.37.